The van der Waals surface area contributed by atoms with E-state index in [1.807, 2.05) is 24.3 Å². The summed E-state index contributed by atoms with van der Waals surface area (Å²) in [4.78, 5) is 2.23. The van der Waals surface area contributed by atoms with E-state index in [9.17, 15) is 0 Å². The van der Waals surface area contributed by atoms with Gasteiger partial charge in [-0.15, -0.1) is 6.58 Å². The highest BCUT2D eigenvalue weighted by Crippen LogP contribution is 2.20. The largest absolute Gasteiger partial charge is 0.497 e. The summed E-state index contributed by atoms with van der Waals surface area (Å²) in [5.74, 6) is 0.781. The Morgan fingerprint density at radius 3 is 2.72 bits per heavy atom. The number of benzene rings is 1. The van der Waals surface area contributed by atoms with Gasteiger partial charge < -0.3 is 15.2 Å². The van der Waals surface area contributed by atoms with E-state index in [1.54, 1.807) is 14.2 Å². The second-order valence-electron chi connectivity index (χ2n) is 4.08. The van der Waals surface area contributed by atoms with Gasteiger partial charge in [0, 0.05) is 38.5 Å². The Kier molecular flexibility index (Phi) is 6.25. The Balaban J connectivity index is 2.70. The molecule has 4 heteroatoms. The highest BCUT2D eigenvalue weighted by Gasteiger charge is 2.07. The minimum absolute atomic E-state index is 0.698. The van der Waals surface area contributed by atoms with E-state index in [0.717, 1.165) is 36.6 Å². The minimum Gasteiger partial charge on any atom is -0.497 e. The number of methoxy groups -OCH3 is 2. The van der Waals surface area contributed by atoms with Gasteiger partial charge in [0.05, 0.1) is 13.7 Å². The molecule has 0 aliphatic rings. The number of nitrogens with zero attached hydrogens (tertiary/aromatic N) is 1. The van der Waals surface area contributed by atoms with E-state index < -0.39 is 0 Å². The summed E-state index contributed by atoms with van der Waals surface area (Å²) < 4.78 is 10.2. The third-order valence-electron chi connectivity index (χ3n) is 2.75. The summed E-state index contributed by atoms with van der Waals surface area (Å²) >= 11 is 0. The number of nitrogen functional groups attached to an aromatic ring is 1. The molecule has 0 aliphatic heterocycles. The molecule has 0 bridgehead atoms. The molecule has 0 saturated heterocycles. The lowest BCUT2D eigenvalue weighted by Gasteiger charge is -2.21. The molecule has 0 radical (unpaired) electrons. The standard InChI is InChI=1S/C14H22N2O2/c1-4-7-16(8-9-17-2)11-12-5-6-13(18-3)10-14(12)15/h4-6,10H,1,7-9,11,15H2,2-3H3. The number of nitrogens with two attached hydrogens (primary N) is 1. The third kappa shape index (κ3) is 4.39. The molecule has 0 spiro atoms. The smallest absolute Gasteiger partial charge is 0.120 e. The fourth-order valence-electron chi connectivity index (χ4n) is 1.72. The Morgan fingerprint density at radius 1 is 1.39 bits per heavy atom. The summed E-state index contributed by atoms with van der Waals surface area (Å²) in [6.45, 7) is 6.92. The van der Waals surface area contributed by atoms with Crippen LogP contribution in [0.3, 0.4) is 0 Å². The first kappa shape index (κ1) is 14.5. The van der Waals surface area contributed by atoms with Crippen LogP contribution in [0.1, 0.15) is 5.56 Å². The van der Waals surface area contributed by atoms with Gasteiger partial charge in [-0.1, -0.05) is 12.1 Å². The maximum absolute atomic E-state index is 6.01. The van der Waals surface area contributed by atoms with Gasteiger partial charge >= 0.3 is 0 Å². The van der Waals surface area contributed by atoms with Crippen LogP contribution < -0.4 is 10.5 Å². The number of rotatable bonds is 8. The molecule has 0 unspecified atom stereocenters. The van der Waals surface area contributed by atoms with Crippen molar-refractivity contribution in [3.63, 3.8) is 0 Å². The zero-order valence-corrected chi connectivity index (χ0v) is 11.2. The summed E-state index contributed by atoms with van der Waals surface area (Å²) in [7, 11) is 3.34. The van der Waals surface area contributed by atoms with Crippen molar-refractivity contribution in [2.24, 2.45) is 0 Å². The van der Waals surface area contributed by atoms with E-state index in [-0.39, 0.29) is 0 Å². The van der Waals surface area contributed by atoms with Crippen molar-refractivity contribution in [1.82, 2.24) is 4.90 Å². The first-order valence-electron chi connectivity index (χ1n) is 5.95. The van der Waals surface area contributed by atoms with Gasteiger partial charge in [-0.2, -0.15) is 0 Å². The lowest BCUT2D eigenvalue weighted by molar-refractivity contribution is 0.151. The molecular weight excluding hydrogens is 228 g/mol. The first-order chi connectivity index (χ1) is 8.71. The van der Waals surface area contributed by atoms with Crippen LogP contribution in [0.15, 0.2) is 30.9 Å². The van der Waals surface area contributed by atoms with Crippen molar-refractivity contribution in [1.29, 1.82) is 0 Å². The van der Waals surface area contributed by atoms with Crippen molar-refractivity contribution in [2.45, 2.75) is 6.54 Å². The van der Waals surface area contributed by atoms with E-state index in [0.29, 0.717) is 6.61 Å². The second kappa shape index (κ2) is 7.74. The predicted octanol–water partition coefficient (Wildman–Crippen LogP) is 1.91. The molecule has 2 N–H and O–H groups in total. The summed E-state index contributed by atoms with van der Waals surface area (Å²) in [5.41, 5.74) is 7.85. The average Bonchev–Trinajstić information content (AvgIpc) is 2.38. The summed E-state index contributed by atoms with van der Waals surface area (Å²) in [6, 6.07) is 5.77. The summed E-state index contributed by atoms with van der Waals surface area (Å²) in [5, 5.41) is 0. The van der Waals surface area contributed by atoms with Gasteiger partial charge in [0.2, 0.25) is 0 Å². The topological polar surface area (TPSA) is 47.7 Å². The van der Waals surface area contributed by atoms with Gasteiger partial charge in [-0.3, -0.25) is 4.90 Å². The Labute approximate surface area is 109 Å². The van der Waals surface area contributed by atoms with Crippen molar-refractivity contribution < 1.29 is 9.47 Å². The predicted molar refractivity (Wildman–Crippen MR) is 74.8 cm³/mol. The van der Waals surface area contributed by atoms with Gasteiger partial charge in [-0.25, -0.2) is 0 Å². The van der Waals surface area contributed by atoms with E-state index in [4.69, 9.17) is 15.2 Å². The normalized spacial score (nSPS) is 10.6. The van der Waals surface area contributed by atoms with Crippen LogP contribution in [0.2, 0.25) is 0 Å². The van der Waals surface area contributed by atoms with Crippen LogP contribution in [0, 0.1) is 0 Å². The van der Waals surface area contributed by atoms with Crippen LogP contribution in [0.4, 0.5) is 5.69 Å². The molecule has 18 heavy (non-hydrogen) atoms. The van der Waals surface area contributed by atoms with E-state index in [1.165, 1.54) is 0 Å². The van der Waals surface area contributed by atoms with Crippen molar-refractivity contribution >= 4 is 5.69 Å². The molecule has 1 aromatic rings. The molecule has 0 amide bonds. The molecule has 0 atom stereocenters. The molecule has 100 valence electrons. The summed E-state index contributed by atoms with van der Waals surface area (Å²) in [6.07, 6.45) is 1.88. The monoisotopic (exact) mass is 250 g/mol. The second-order valence-corrected chi connectivity index (χ2v) is 4.08. The van der Waals surface area contributed by atoms with Crippen LogP contribution in [-0.2, 0) is 11.3 Å². The van der Waals surface area contributed by atoms with Crippen molar-refractivity contribution in [3.05, 3.63) is 36.4 Å². The number of anilines is 1. The lowest BCUT2D eigenvalue weighted by Crippen LogP contribution is -2.27. The molecule has 4 nitrogen and oxygen atoms in total. The SMILES string of the molecule is C=CCN(CCOC)Cc1ccc(OC)cc1N. The first-order valence-corrected chi connectivity index (χ1v) is 5.95. The molecule has 0 aromatic heterocycles. The highest BCUT2D eigenvalue weighted by atomic mass is 16.5. The zero-order chi connectivity index (χ0) is 13.4. The fraction of sp³-hybridized carbons (Fsp3) is 0.429. The molecular formula is C14H22N2O2. The van der Waals surface area contributed by atoms with Gasteiger partial charge in [0.15, 0.2) is 0 Å². The average molecular weight is 250 g/mol. The highest BCUT2D eigenvalue weighted by molar-refractivity contribution is 5.51. The van der Waals surface area contributed by atoms with Gasteiger partial charge in [-0.05, 0) is 11.6 Å². The van der Waals surface area contributed by atoms with Crippen LogP contribution in [-0.4, -0.2) is 38.8 Å². The number of ether oxygens (including phenoxy) is 2. The number of hydrogen-bond donors (Lipinski definition) is 1. The Hall–Kier alpha value is -1.52. The molecule has 0 aliphatic carbocycles. The van der Waals surface area contributed by atoms with E-state index in [2.05, 4.69) is 11.5 Å². The van der Waals surface area contributed by atoms with Crippen LogP contribution >= 0.6 is 0 Å². The molecule has 0 fully saturated rings. The lowest BCUT2D eigenvalue weighted by atomic mass is 10.1. The molecule has 1 aromatic carbocycles. The maximum atomic E-state index is 6.01. The molecule has 0 saturated carbocycles. The third-order valence-corrected chi connectivity index (χ3v) is 2.75. The Morgan fingerprint density at radius 2 is 2.17 bits per heavy atom. The van der Waals surface area contributed by atoms with E-state index >= 15 is 0 Å². The Bertz CT molecular complexity index is 380. The molecule has 0 heterocycles. The van der Waals surface area contributed by atoms with Crippen molar-refractivity contribution in [2.75, 3.05) is 39.6 Å². The molecule has 1 rings (SSSR count). The number of hydrogen-bond acceptors (Lipinski definition) is 4. The zero-order valence-electron chi connectivity index (χ0n) is 11.2. The van der Waals surface area contributed by atoms with Gasteiger partial charge in [0.25, 0.3) is 0 Å². The fourth-order valence-corrected chi connectivity index (χ4v) is 1.72. The quantitative estimate of drug-likeness (QED) is 0.565. The maximum Gasteiger partial charge on any atom is 0.120 e. The van der Waals surface area contributed by atoms with Crippen LogP contribution in [0.5, 0.6) is 5.75 Å². The minimum atomic E-state index is 0.698. The van der Waals surface area contributed by atoms with Gasteiger partial charge in [0.1, 0.15) is 5.75 Å². The van der Waals surface area contributed by atoms with Crippen molar-refractivity contribution in [3.8, 4) is 5.75 Å². The van der Waals surface area contributed by atoms with Crippen LogP contribution in [0.25, 0.3) is 0 Å².